The van der Waals surface area contributed by atoms with Crippen LogP contribution in [0.2, 0.25) is 0 Å². The number of aryl methyl sites for hydroxylation is 2. The molecule has 3 aromatic rings. The van der Waals surface area contributed by atoms with E-state index >= 15 is 0 Å². The van der Waals surface area contributed by atoms with Crippen LogP contribution in [0.5, 0.6) is 0 Å². The Labute approximate surface area is 135 Å². The summed E-state index contributed by atoms with van der Waals surface area (Å²) in [5.74, 6) is -0.438. The molecule has 0 saturated carbocycles. The van der Waals surface area contributed by atoms with Crippen molar-refractivity contribution in [2.45, 2.75) is 6.92 Å². The quantitative estimate of drug-likeness (QED) is 0.633. The van der Waals surface area contributed by atoms with Gasteiger partial charge < -0.3 is 10.3 Å². The van der Waals surface area contributed by atoms with Gasteiger partial charge in [0.15, 0.2) is 0 Å². The Hall–Kier alpha value is -3.42. The zero-order valence-electron chi connectivity index (χ0n) is 13.0. The van der Waals surface area contributed by atoms with E-state index in [0.717, 1.165) is 17.4 Å². The van der Waals surface area contributed by atoms with E-state index in [1.807, 2.05) is 24.6 Å². The summed E-state index contributed by atoms with van der Waals surface area (Å²) in [6.45, 7) is 1.88. The molecule has 1 aliphatic heterocycles. The molecule has 2 aromatic heterocycles. The Kier molecular flexibility index (Phi) is 2.69. The Bertz CT molecular complexity index is 1120. The third-order valence-corrected chi connectivity index (χ3v) is 4.30. The molecule has 0 unspecified atom stereocenters. The van der Waals surface area contributed by atoms with Crippen molar-refractivity contribution in [3.63, 3.8) is 0 Å². The Morgan fingerprint density at radius 1 is 1.12 bits per heavy atom. The normalized spacial score (nSPS) is 13.4. The first-order chi connectivity index (χ1) is 11.4. The molecule has 24 heavy (non-hydrogen) atoms. The van der Waals surface area contributed by atoms with Crippen molar-refractivity contribution >= 4 is 28.7 Å². The van der Waals surface area contributed by atoms with E-state index in [2.05, 4.69) is 10.3 Å². The summed E-state index contributed by atoms with van der Waals surface area (Å²) < 4.78 is 3.14. The zero-order valence-corrected chi connectivity index (χ0v) is 13.0. The van der Waals surface area contributed by atoms with Crippen molar-refractivity contribution < 1.29 is 9.59 Å². The number of nitrogens with two attached hydrogens (primary N) is 1. The third-order valence-electron chi connectivity index (χ3n) is 4.30. The number of carbonyl (C=O) groups excluding carboxylic acids is 2. The molecule has 0 bridgehead atoms. The van der Waals surface area contributed by atoms with Crippen molar-refractivity contribution in [3.05, 3.63) is 51.6 Å². The maximum Gasteiger partial charge on any atom is 0.262 e. The molecule has 8 nitrogen and oxygen atoms in total. The highest BCUT2D eigenvalue weighted by molar-refractivity contribution is 6.23. The van der Waals surface area contributed by atoms with E-state index in [1.165, 1.54) is 4.57 Å². The summed E-state index contributed by atoms with van der Waals surface area (Å²) >= 11 is 0. The number of carbonyl (C=O) groups is 2. The Morgan fingerprint density at radius 2 is 1.88 bits per heavy atom. The summed E-state index contributed by atoms with van der Waals surface area (Å²) in [6.07, 6.45) is 0. The van der Waals surface area contributed by atoms with Gasteiger partial charge in [-0.3, -0.25) is 24.3 Å². The number of nitrogen functional groups attached to an aromatic ring is 1. The van der Waals surface area contributed by atoms with Gasteiger partial charge in [-0.15, -0.1) is 0 Å². The lowest BCUT2D eigenvalue weighted by Gasteiger charge is -2.11. The van der Waals surface area contributed by atoms with Gasteiger partial charge in [-0.1, -0.05) is 0 Å². The minimum Gasteiger partial charge on any atom is -0.384 e. The zero-order chi connectivity index (χ0) is 17.2. The minimum absolute atomic E-state index is 0.00788. The highest BCUT2D eigenvalue weighted by Gasteiger charge is 2.31. The molecule has 0 spiro atoms. The fourth-order valence-electron chi connectivity index (χ4n) is 2.99. The molecule has 1 aromatic carbocycles. The molecule has 4 rings (SSSR count). The van der Waals surface area contributed by atoms with Crippen molar-refractivity contribution in [1.29, 1.82) is 0 Å². The Morgan fingerprint density at radius 3 is 2.62 bits per heavy atom. The van der Waals surface area contributed by atoms with E-state index in [-0.39, 0.29) is 16.9 Å². The molecule has 120 valence electrons. The predicted molar refractivity (Wildman–Crippen MR) is 87.3 cm³/mol. The van der Waals surface area contributed by atoms with Gasteiger partial charge in [0, 0.05) is 13.1 Å². The first-order valence-electron chi connectivity index (χ1n) is 7.23. The largest absolute Gasteiger partial charge is 0.384 e. The van der Waals surface area contributed by atoms with Gasteiger partial charge in [-0.2, -0.15) is 0 Å². The van der Waals surface area contributed by atoms with Crippen LogP contribution in [0, 0.1) is 6.92 Å². The van der Waals surface area contributed by atoms with E-state index in [1.54, 1.807) is 12.1 Å². The van der Waals surface area contributed by atoms with Crippen molar-refractivity contribution in [2.75, 3.05) is 5.73 Å². The van der Waals surface area contributed by atoms with Gasteiger partial charge in [0.1, 0.15) is 11.6 Å². The number of fused-ring (bicyclic) bond motifs is 2. The van der Waals surface area contributed by atoms with Gasteiger partial charge in [0.2, 0.25) is 0 Å². The summed E-state index contributed by atoms with van der Waals surface area (Å²) in [4.78, 5) is 40.5. The number of nitrogens with zero attached hydrogens (tertiary/aromatic N) is 3. The van der Waals surface area contributed by atoms with E-state index < -0.39 is 17.4 Å². The second-order valence-electron chi connectivity index (χ2n) is 5.67. The molecular weight excluding hydrogens is 310 g/mol. The molecule has 3 heterocycles. The molecule has 0 fully saturated rings. The van der Waals surface area contributed by atoms with Gasteiger partial charge in [-0.05, 0) is 25.1 Å². The fraction of sp³-hybridized carbons (Fsp3) is 0.125. The van der Waals surface area contributed by atoms with E-state index in [0.29, 0.717) is 11.2 Å². The highest BCUT2D eigenvalue weighted by atomic mass is 16.2. The predicted octanol–water partition coefficient (Wildman–Crippen LogP) is 0.498. The number of hydrogen-bond acceptors (Lipinski definition) is 5. The van der Waals surface area contributed by atoms with Crippen LogP contribution >= 0.6 is 0 Å². The summed E-state index contributed by atoms with van der Waals surface area (Å²) in [5, 5.41) is 2.14. The molecule has 3 N–H and O–H groups in total. The third kappa shape index (κ3) is 1.73. The van der Waals surface area contributed by atoms with Crippen LogP contribution < -0.4 is 16.6 Å². The van der Waals surface area contributed by atoms with Crippen molar-refractivity contribution in [2.24, 2.45) is 7.05 Å². The molecule has 8 heteroatoms. The van der Waals surface area contributed by atoms with Crippen molar-refractivity contribution in [1.82, 2.24) is 19.4 Å². The van der Waals surface area contributed by atoms with Crippen LogP contribution in [0.15, 0.2) is 29.1 Å². The molecule has 0 radical (unpaired) electrons. The maximum absolute atomic E-state index is 12.4. The second kappa shape index (κ2) is 4.54. The van der Waals surface area contributed by atoms with Crippen LogP contribution in [-0.2, 0) is 7.05 Å². The van der Waals surface area contributed by atoms with Crippen LogP contribution in [0.1, 0.15) is 26.5 Å². The van der Waals surface area contributed by atoms with Gasteiger partial charge in [0.25, 0.3) is 17.4 Å². The monoisotopic (exact) mass is 323 g/mol. The lowest BCUT2D eigenvalue weighted by Crippen LogP contribution is -2.24. The summed E-state index contributed by atoms with van der Waals surface area (Å²) in [7, 11) is 1.90. The number of rotatable bonds is 1. The Balaban J connectivity index is 2.01. The molecule has 1 aliphatic rings. The number of imidazole rings is 1. The number of anilines is 1. The van der Waals surface area contributed by atoms with Crippen LogP contribution in [0.4, 0.5) is 5.82 Å². The number of aromatic nitrogens is 3. The van der Waals surface area contributed by atoms with E-state index in [9.17, 15) is 14.4 Å². The lowest BCUT2D eigenvalue weighted by molar-refractivity contribution is 0.0880. The fourth-order valence-corrected chi connectivity index (χ4v) is 2.99. The second-order valence-corrected chi connectivity index (χ2v) is 5.67. The molecule has 0 saturated heterocycles. The van der Waals surface area contributed by atoms with Crippen LogP contribution in [0.25, 0.3) is 16.7 Å². The lowest BCUT2D eigenvalue weighted by atomic mass is 10.1. The number of nitrogens with one attached hydrogen (secondary N) is 1. The average Bonchev–Trinajstić information content (AvgIpc) is 2.96. The first-order valence-corrected chi connectivity index (χ1v) is 7.23. The maximum atomic E-state index is 12.4. The standard InChI is InChI=1S/C16H13N5O3/c1-7-18-10-5-8(3-4-11(10)20(7)2)21-12(22)6-9-13(14(21)17)16(24)19-15(9)23/h3-6H,17H2,1-2H3,(H,19,23,24). The highest BCUT2D eigenvalue weighted by Crippen LogP contribution is 2.24. The smallest absolute Gasteiger partial charge is 0.262 e. The molecule has 2 amide bonds. The van der Waals surface area contributed by atoms with E-state index in [4.69, 9.17) is 5.73 Å². The van der Waals surface area contributed by atoms with Gasteiger partial charge in [0.05, 0.1) is 27.8 Å². The van der Waals surface area contributed by atoms with Gasteiger partial charge >= 0.3 is 0 Å². The topological polar surface area (TPSA) is 112 Å². The molecule has 0 aliphatic carbocycles. The van der Waals surface area contributed by atoms with Gasteiger partial charge in [-0.25, -0.2) is 4.98 Å². The first kappa shape index (κ1) is 14.2. The number of hydrogen-bond donors (Lipinski definition) is 2. The van der Waals surface area contributed by atoms with Crippen LogP contribution in [-0.4, -0.2) is 25.9 Å². The summed E-state index contributed by atoms with van der Waals surface area (Å²) in [5.41, 5.74) is 7.68. The molecule has 0 atom stereocenters. The molecular formula is C16H13N5O3. The summed E-state index contributed by atoms with van der Waals surface area (Å²) in [6, 6.07) is 6.40. The minimum atomic E-state index is -0.609. The number of imide groups is 1. The average molecular weight is 323 g/mol. The van der Waals surface area contributed by atoms with Crippen molar-refractivity contribution in [3.8, 4) is 5.69 Å². The number of amides is 2. The number of pyridine rings is 1. The van der Waals surface area contributed by atoms with Crippen LogP contribution in [0.3, 0.4) is 0 Å². The SMILES string of the molecule is Cc1nc2cc(-n3c(N)c4c(cc3=O)C(=O)NC4=O)ccc2n1C. The number of benzene rings is 1.